The zero-order valence-corrected chi connectivity index (χ0v) is 11.0. The van der Waals surface area contributed by atoms with Gasteiger partial charge in [-0.2, -0.15) is 0 Å². The number of rotatable bonds is 3. The summed E-state index contributed by atoms with van der Waals surface area (Å²) in [4.78, 5) is 15.5. The lowest BCUT2D eigenvalue weighted by molar-refractivity contribution is -0.117. The van der Waals surface area contributed by atoms with Crippen LogP contribution >= 0.6 is 11.3 Å². The fourth-order valence-electron chi connectivity index (χ4n) is 1.98. The predicted molar refractivity (Wildman–Crippen MR) is 78.0 cm³/mol. The molecule has 0 fully saturated rings. The highest BCUT2D eigenvalue weighted by Gasteiger charge is 2.07. The van der Waals surface area contributed by atoms with E-state index in [2.05, 4.69) is 4.98 Å². The van der Waals surface area contributed by atoms with Crippen LogP contribution in [0.15, 0.2) is 48.5 Å². The summed E-state index contributed by atoms with van der Waals surface area (Å²) >= 11 is 1.63. The molecule has 3 aromatic rings. The van der Waals surface area contributed by atoms with Crippen molar-refractivity contribution in [2.24, 2.45) is 5.73 Å². The van der Waals surface area contributed by atoms with Crippen LogP contribution in [-0.2, 0) is 11.2 Å². The van der Waals surface area contributed by atoms with E-state index < -0.39 is 0 Å². The van der Waals surface area contributed by atoms with Gasteiger partial charge in [0.2, 0.25) is 5.91 Å². The number of nitrogens with zero attached hydrogens (tertiary/aromatic N) is 1. The highest BCUT2D eigenvalue weighted by molar-refractivity contribution is 7.21. The van der Waals surface area contributed by atoms with Crippen molar-refractivity contribution < 1.29 is 4.79 Å². The molecule has 0 bridgehead atoms. The van der Waals surface area contributed by atoms with E-state index in [1.54, 1.807) is 11.3 Å². The van der Waals surface area contributed by atoms with Gasteiger partial charge in [-0.15, -0.1) is 11.3 Å². The highest BCUT2D eigenvalue weighted by Crippen LogP contribution is 2.30. The Morgan fingerprint density at radius 1 is 1.16 bits per heavy atom. The second kappa shape index (κ2) is 4.82. The van der Waals surface area contributed by atoms with Gasteiger partial charge in [-0.1, -0.05) is 36.4 Å². The van der Waals surface area contributed by atoms with E-state index in [4.69, 9.17) is 5.73 Å². The van der Waals surface area contributed by atoms with Crippen LogP contribution in [0.5, 0.6) is 0 Å². The van der Waals surface area contributed by atoms with E-state index in [0.29, 0.717) is 0 Å². The molecule has 0 unspecified atom stereocenters. The topological polar surface area (TPSA) is 56.0 Å². The van der Waals surface area contributed by atoms with Gasteiger partial charge < -0.3 is 5.73 Å². The van der Waals surface area contributed by atoms with Crippen molar-refractivity contribution in [1.82, 2.24) is 4.98 Å². The standard InChI is InChI=1S/C15H12N2OS/c16-14(18)9-10-6-7-12-13(8-10)19-15(17-12)11-4-2-1-3-5-11/h1-8H,9H2,(H2,16,18). The fraction of sp³-hybridized carbons (Fsp3) is 0.0667. The maximum atomic E-state index is 10.9. The van der Waals surface area contributed by atoms with Gasteiger partial charge in [0, 0.05) is 5.56 Å². The van der Waals surface area contributed by atoms with E-state index in [-0.39, 0.29) is 12.3 Å². The number of carbonyl (C=O) groups excluding carboxylic acids is 1. The number of amides is 1. The third kappa shape index (κ3) is 2.48. The van der Waals surface area contributed by atoms with Crippen LogP contribution in [0.2, 0.25) is 0 Å². The Kier molecular flexibility index (Phi) is 3.01. The number of primary amides is 1. The minimum Gasteiger partial charge on any atom is -0.369 e. The first-order valence-electron chi connectivity index (χ1n) is 5.95. The first-order chi connectivity index (χ1) is 9.22. The van der Waals surface area contributed by atoms with Crippen LogP contribution in [0.3, 0.4) is 0 Å². The van der Waals surface area contributed by atoms with Crippen molar-refractivity contribution >= 4 is 27.5 Å². The van der Waals surface area contributed by atoms with Crippen LogP contribution in [-0.4, -0.2) is 10.9 Å². The average molecular weight is 268 g/mol. The van der Waals surface area contributed by atoms with Crippen molar-refractivity contribution in [3.05, 3.63) is 54.1 Å². The van der Waals surface area contributed by atoms with Gasteiger partial charge in [-0.25, -0.2) is 4.98 Å². The first kappa shape index (κ1) is 11.9. The molecule has 4 heteroatoms. The van der Waals surface area contributed by atoms with Crippen LogP contribution < -0.4 is 5.73 Å². The van der Waals surface area contributed by atoms with Gasteiger partial charge >= 0.3 is 0 Å². The third-order valence-corrected chi connectivity index (χ3v) is 3.92. The molecule has 3 nitrogen and oxygen atoms in total. The molecule has 0 aliphatic carbocycles. The monoisotopic (exact) mass is 268 g/mol. The lowest BCUT2D eigenvalue weighted by atomic mass is 10.1. The van der Waals surface area contributed by atoms with Gasteiger partial charge in [0.05, 0.1) is 16.6 Å². The minimum absolute atomic E-state index is 0.272. The largest absolute Gasteiger partial charge is 0.369 e. The summed E-state index contributed by atoms with van der Waals surface area (Å²) < 4.78 is 1.08. The molecule has 0 aliphatic rings. The van der Waals surface area contributed by atoms with Crippen molar-refractivity contribution in [1.29, 1.82) is 0 Å². The zero-order valence-electron chi connectivity index (χ0n) is 10.2. The van der Waals surface area contributed by atoms with Crippen LogP contribution in [0, 0.1) is 0 Å². The SMILES string of the molecule is NC(=O)Cc1ccc2nc(-c3ccccc3)sc2c1. The predicted octanol–water partition coefficient (Wildman–Crippen LogP) is 2.99. The number of thiazole rings is 1. The molecule has 94 valence electrons. The number of hydrogen-bond acceptors (Lipinski definition) is 3. The van der Waals surface area contributed by atoms with Gasteiger partial charge in [-0.3, -0.25) is 4.79 Å². The van der Waals surface area contributed by atoms with Crippen molar-refractivity contribution in [3.63, 3.8) is 0 Å². The normalized spacial score (nSPS) is 10.7. The lowest BCUT2D eigenvalue weighted by Crippen LogP contribution is -2.13. The molecule has 2 aromatic carbocycles. The molecule has 0 radical (unpaired) electrons. The van der Waals surface area contributed by atoms with Gasteiger partial charge in [0.25, 0.3) is 0 Å². The summed E-state index contributed by atoms with van der Waals surface area (Å²) in [5, 5.41) is 0.992. The van der Waals surface area contributed by atoms with E-state index in [1.807, 2.05) is 48.5 Å². The van der Waals surface area contributed by atoms with E-state index in [0.717, 1.165) is 26.4 Å². The van der Waals surface area contributed by atoms with Crippen molar-refractivity contribution in [2.75, 3.05) is 0 Å². The Balaban J connectivity index is 2.04. The summed E-state index contributed by atoms with van der Waals surface area (Å²) in [6, 6.07) is 15.9. The maximum absolute atomic E-state index is 10.9. The average Bonchev–Trinajstić information content (AvgIpc) is 2.82. The molecular formula is C15H12N2OS. The summed E-state index contributed by atoms with van der Waals surface area (Å²) in [5.74, 6) is -0.313. The molecule has 2 N–H and O–H groups in total. The molecule has 0 saturated carbocycles. The molecule has 0 spiro atoms. The quantitative estimate of drug-likeness (QED) is 0.794. The number of carbonyl (C=O) groups is 1. The summed E-state index contributed by atoms with van der Waals surface area (Å²) in [6.07, 6.45) is 0.272. The smallest absolute Gasteiger partial charge is 0.221 e. The van der Waals surface area contributed by atoms with Crippen LogP contribution in [0.25, 0.3) is 20.8 Å². The van der Waals surface area contributed by atoms with Gasteiger partial charge in [0.15, 0.2) is 0 Å². The molecule has 0 aliphatic heterocycles. The first-order valence-corrected chi connectivity index (χ1v) is 6.77. The van der Waals surface area contributed by atoms with Crippen LogP contribution in [0.4, 0.5) is 0 Å². The summed E-state index contributed by atoms with van der Waals surface area (Å²) in [5.41, 5.74) is 8.21. The maximum Gasteiger partial charge on any atom is 0.221 e. The number of fused-ring (bicyclic) bond motifs is 1. The summed E-state index contributed by atoms with van der Waals surface area (Å²) in [6.45, 7) is 0. The van der Waals surface area contributed by atoms with Crippen molar-refractivity contribution in [2.45, 2.75) is 6.42 Å². The zero-order chi connectivity index (χ0) is 13.2. The molecule has 1 aromatic heterocycles. The fourth-order valence-corrected chi connectivity index (χ4v) is 3.02. The lowest BCUT2D eigenvalue weighted by Gasteiger charge is -1.96. The Morgan fingerprint density at radius 3 is 2.68 bits per heavy atom. The Labute approximate surface area is 114 Å². The molecule has 19 heavy (non-hydrogen) atoms. The molecule has 0 saturated heterocycles. The second-order valence-electron chi connectivity index (χ2n) is 4.33. The number of nitrogens with two attached hydrogens (primary N) is 1. The number of hydrogen-bond donors (Lipinski definition) is 1. The Morgan fingerprint density at radius 2 is 1.95 bits per heavy atom. The number of aromatic nitrogens is 1. The van der Waals surface area contributed by atoms with E-state index in [1.165, 1.54) is 0 Å². The van der Waals surface area contributed by atoms with Crippen molar-refractivity contribution in [3.8, 4) is 10.6 Å². The molecule has 0 atom stereocenters. The van der Waals surface area contributed by atoms with Gasteiger partial charge in [-0.05, 0) is 17.7 Å². The van der Waals surface area contributed by atoms with E-state index >= 15 is 0 Å². The molecule has 3 rings (SSSR count). The Hall–Kier alpha value is -2.20. The Bertz CT molecular complexity index is 734. The molecule has 1 heterocycles. The number of benzene rings is 2. The van der Waals surface area contributed by atoms with Gasteiger partial charge in [0.1, 0.15) is 5.01 Å². The van der Waals surface area contributed by atoms with Crippen LogP contribution in [0.1, 0.15) is 5.56 Å². The second-order valence-corrected chi connectivity index (χ2v) is 5.36. The van der Waals surface area contributed by atoms with E-state index in [9.17, 15) is 4.79 Å². The highest BCUT2D eigenvalue weighted by atomic mass is 32.1. The molecular weight excluding hydrogens is 256 g/mol. The summed E-state index contributed by atoms with van der Waals surface area (Å²) in [7, 11) is 0. The molecule has 1 amide bonds. The minimum atomic E-state index is -0.313. The third-order valence-electron chi connectivity index (χ3n) is 2.85.